The molecular formula is C10H11BrFN3. The van der Waals surface area contributed by atoms with Gasteiger partial charge in [0.1, 0.15) is 5.82 Å². The Morgan fingerprint density at radius 1 is 1.47 bits per heavy atom. The van der Waals surface area contributed by atoms with Crippen LogP contribution in [-0.4, -0.2) is 9.55 Å². The number of hydrogen-bond acceptors (Lipinski definition) is 2. The summed E-state index contributed by atoms with van der Waals surface area (Å²) in [5, 5.41) is 0. The van der Waals surface area contributed by atoms with E-state index < -0.39 is 5.82 Å². The molecule has 0 radical (unpaired) electrons. The zero-order valence-corrected chi connectivity index (χ0v) is 10.0. The van der Waals surface area contributed by atoms with Crippen LogP contribution in [0.2, 0.25) is 0 Å². The minimum absolute atomic E-state index is 0.128. The van der Waals surface area contributed by atoms with Gasteiger partial charge in [-0.15, -0.1) is 0 Å². The molecular weight excluding hydrogens is 261 g/mol. The van der Waals surface area contributed by atoms with Crippen LogP contribution < -0.4 is 5.73 Å². The summed E-state index contributed by atoms with van der Waals surface area (Å²) in [6.45, 7) is 4.03. The van der Waals surface area contributed by atoms with Crippen molar-refractivity contribution in [2.24, 2.45) is 0 Å². The number of nitrogens with two attached hydrogens (primary N) is 1. The van der Waals surface area contributed by atoms with Crippen molar-refractivity contribution in [3.8, 4) is 0 Å². The molecule has 0 unspecified atom stereocenters. The van der Waals surface area contributed by atoms with Crippen LogP contribution in [0.3, 0.4) is 0 Å². The molecule has 0 aliphatic carbocycles. The van der Waals surface area contributed by atoms with E-state index in [-0.39, 0.29) is 11.7 Å². The van der Waals surface area contributed by atoms with Crippen LogP contribution in [0, 0.1) is 5.82 Å². The second-order valence-corrected chi connectivity index (χ2v) is 4.42. The van der Waals surface area contributed by atoms with Crippen molar-refractivity contribution in [1.29, 1.82) is 0 Å². The van der Waals surface area contributed by atoms with Crippen LogP contribution in [0.25, 0.3) is 11.0 Å². The number of hydrogen-bond donors (Lipinski definition) is 1. The normalized spacial score (nSPS) is 11.5. The SMILES string of the molecule is CC(C)n1c(Br)nc2cc(N)c(F)cc21. The highest BCUT2D eigenvalue weighted by Crippen LogP contribution is 2.27. The van der Waals surface area contributed by atoms with Crippen molar-refractivity contribution < 1.29 is 4.39 Å². The number of benzene rings is 1. The van der Waals surface area contributed by atoms with E-state index in [2.05, 4.69) is 20.9 Å². The summed E-state index contributed by atoms with van der Waals surface area (Å²) in [4.78, 5) is 4.27. The fourth-order valence-corrected chi connectivity index (χ4v) is 2.39. The third-order valence-electron chi connectivity index (χ3n) is 2.28. The molecule has 0 amide bonds. The molecule has 0 fully saturated rings. The first-order chi connectivity index (χ1) is 7.00. The predicted octanol–water partition coefficient (Wildman–Crippen LogP) is 3.10. The van der Waals surface area contributed by atoms with Crippen molar-refractivity contribution in [2.75, 3.05) is 5.73 Å². The molecule has 0 saturated carbocycles. The van der Waals surface area contributed by atoms with Gasteiger partial charge in [0.2, 0.25) is 0 Å². The van der Waals surface area contributed by atoms with Crippen LogP contribution in [0.5, 0.6) is 0 Å². The van der Waals surface area contributed by atoms with Gasteiger partial charge in [-0.3, -0.25) is 0 Å². The maximum Gasteiger partial charge on any atom is 0.178 e. The van der Waals surface area contributed by atoms with Crippen molar-refractivity contribution in [3.63, 3.8) is 0 Å². The van der Waals surface area contributed by atoms with Crippen molar-refractivity contribution in [2.45, 2.75) is 19.9 Å². The molecule has 80 valence electrons. The minimum Gasteiger partial charge on any atom is -0.396 e. The molecule has 3 nitrogen and oxygen atoms in total. The number of imidazole rings is 1. The van der Waals surface area contributed by atoms with Crippen LogP contribution >= 0.6 is 15.9 Å². The Balaban J connectivity index is 2.81. The fraction of sp³-hybridized carbons (Fsp3) is 0.300. The molecule has 1 aromatic carbocycles. The molecule has 15 heavy (non-hydrogen) atoms. The van der Waals surface area contributed by atoms with Crippen LogP contribution in [-0.2, 0) is 0 Å². The highest BCUT2D eigenvalue weighted by atomic mass is 79.9. The smallest absolute Gasteiger partial charge is 0.178 e. The molecule has 2 rings (SSSR count). The largest absolute Gasteiger partial charge is 0.396 e. The lowest BCUT2D eigenvalue weighted by Crippen LogP contribution is -2.01. The van der Waals surface area contributed by atoms with Gasteiger partial charge in [-0.2, -0.15) is 0 Å². The number of rotatable bonds is 1. The lowest BCUT2D eigenvalue weighted by atomic mass is 10.2. The predicted molar refractivity (Wildman–Crippen MR) is 62.2 cm³/mol. The Kier molecular flexibility index (Phi) is 2.42. The summed E-state index contributed by atoms with van der Waals surface area (Å²) in [6, 6.07) is 3.18. The number of halogens is 2. The number of anilines is 1. The van der Waals surface area contributed by atoms with E-state index in [0.29, 0.717) is 10.3 Å². The van der Waals surface area contributed by atoms with E-state index in [0.717, 1.165) is 5.52 Å². The third kappa shape index (κ3) is 1.61. The van der Waals surface area contributed by atoms with Crippen LogP contribution in [0.4, 0.5) is 10.1 Å². The summed E-state index contributed by atoms with van der Waals surface area (Å²) in [5.41, 5.74) is 7.07. The van der Waals surface area contributed by atoms with Gasteiger partial charge in [0.15, 0.2) is 4.73 Å². The first-order valence-electron chi connectivity index (χ1n) is 4.63. The maximum absolute atomic E-state index is 13.3. The molecule has 0 atom stereocenters. The molecule has 2 N–H and O–H groups in total. The van der Waals surface area contributed by atoms with Gasteiger partial charge in [0, 0.05) is 12.1 Å². The van der Waals surface area contributed by atoms with Crippen LogP contribution in [0.1, 0.15) is 19.9 Å². The quantitative estimate of drug-likeness (QED) is 0.810. The van der Waals surface area contributed by atoms with Gasteiger partial charge in [-0.1, -0.05) is 0 Å². The Morgan fingerprint density at radius 2 is 2.13 bits per heavy atom. The third-order valence-corrected chi connectivity index (χ3v) is 2.84. The average molecular weight is 272 g/mol. The van der Waals surface area contributed by atoms with E-state index in [4.69, 9.17) is 5.73 Å². The maximum atomic E-state index is 13.3. The molecule has 1 aromatic heterocycles. The van der Waals surface area contributed by atoms with Crippen molar-refractivity contribution in [1.82, 2.24) is 9.55 Å². The lowest BCUT2D eigenvalue weighted by Gasteiger charge is -2.09. The van der Waals surface area contributed by atoms with Crippen molar-refractivity contribution >= 4 is 32.7 Å². The van der Waals surface area contributed by atoms with E-state index in [1.807, 2.05) is 18.4 Å². The topological polar surface area (TPSA) is 43.8 Å². The summed E-state index contributed by atoms with van der Waals surface area (Å²) in [6.07, 6.45) is 0. The molecule has 5 heteroatoms. The molecule has 2 aromatic rings. The number of aromatic nitrogens is 2. The van der Waals surface area contributed by atoms with E-state index in [9.17, 15) is 4.39 Å². The van der Waals surface area contributed by atoms with Gasteiger partial charge >= 0.3 is 0 Å². The minimum atomic E-state index is -0.406. The number of nitrogens with zero attached hydrogens (tertiary/aromatic N) is 2. The summed E-state index contributed by atoms with van der Waals surface area (Å²) in [7, 11) is 0. The molecule has 0 bridgehead atoms. The Labute approximate surface area is 95.2 Å². The molecule has 0 spiro atoms. The summed E-state index contributed by atoms with van der Waals surface area (Å²) < 4.78 is 15.9. The first kappa shape index (κ1) is 10.4. The van der Waals surface area contributed by atoms with E-state index >= 15 is 0 Å². The monoisotopic (exact) mass is 271 g/mol. The van der Waals surface area contributed by atoms with Crippen LogP contribution in [0.15, 0.2) is 16.9 Å². The Bertz CT molecular complexity index is 519. The number of fused-ring (bicyclic) bond motifs is 1. The molecule has 0 saturated heterocycles. The lowest BCUT2D eigenvalue weighted by molar-refractivity contribution is 0.599. The zero-order valence-electron chi connectivity index (χ0n) is 8.46. The molecule has 0 aliphatic rings. The van der Waals surface area contributed by atoms with E-state index in [1.54, 1.807) is 6.07 Å². The fourth-order valence-electron chi connectivity index (χ4n) is 1.59. The summed E-state index contributed by atoms with van der Waals surface area (Å²) in [5.74, 6) is -0.406. The zero-order chi connectivity index (χ0) is 11.2. The van der Waals surface area contributed by atoms with Gasteiger partial charge in [0.05, 0.1) is 16.7 Å². The first-order valence-corrected chi connectivity index (χ1v) is 5.42. The van der Waals surface area contributed by atoms with Crippen molar-refractivity contribution in [3.05, 3.63) is 22.7 Å². The standard InChI is InChI=1S/C10H11BrFN3/c1-5(2)15-9-3-6(12)7(13)4-8(9)14-10(15)11/h3-5H,13H2,1-2H3. The highest BCUT2D eigenvalue weighted by molar-refractivity contribution is 9.10. The molecule has 1 heterocycles. The summed E-state index contributed by atoms with van der Waals surface area (Å²) >= 11 is 3.35. The Hall–Kier alpha value is -1.10. The van der Waals surface area contributed by atoms with Gasteiger partial charge in [-0.25, -0.2) is 9.37 Å². The highest BCUT2D eigenvalue weighted by Gasteiger charge is 2.13. The van der Waals surface area contributed by atoms with Gasteiger partial charge in [-0.05, 0) is 35.8 Å². The number of nitrogen functional groups attached to an aromatic ring is 1. The Morgan fingerprint density at radius 3 is 2.73 bits per heavy atom. The van der Waals surface area contributed by atoms with Gasteiger partial charge < -0.3 is 10.3 Å². The second kappa shape index (κ2) is 3.48. The van der Waals surface area contributed by atoms with E-state index in [1.165, 1.54) is 6.07 Å². The van der Waals surface area contributed by atoms with Gasteiger partial charge in [0.25, 0.3) is 0 Å². The molecule has 0 aliphatic heterocycles. The average Bonchev–Trinajstić information content (AvgIpc) is 2.41. The second-order valence-electron chi connectivity index (χ2n) is 3.71.